The van der Waals surface area contributed by atoms with E-state index in [1.807, 2.05) is 19.2 Å². The van der Waals surface area contributed by atoms with Crippen molar-refractivity contribution in [3.8, 4) is 0 Å². The second-order valence-corrected chi connectivity index (χ2v) is 7.70. The molecule has 5 heteroatoms. The molecule has 0 saturated heterocycles. The molecule has 19 heavy (non-hydrogen) atoms. The number of fused-ring (bicyclic) bond motifs is 1. The van der Waals surface area contributed by atoms with Gasteiger partial charge in [-0.15, -0.1) is 0 Å². The fraction of sp³-hybridized carbons (Fsp3) is 0.571. The molecule has 4 nitrogen and oxygen atoms in total. The Morgan fingerprint density at radius 3 is 2.74 bits per heavy atom. The van der Waals surface area contributed by atoms with E-state index in [-0.39, 0.29) is 17.8 Å². The van der Waals surface area contributed by atoms with Gasteiger partial charge in [-0.25, -0.2) is 8.42 Å². The number of likely N-dealkylation sites (N-methyl/N-ethyl adjacent to an activating group) is 1. The lowest BCUT2D eigenvalue weighted by Gasteiger charge is -2.37. The third-order valence-corrected chi connectivity index (χ3v) is 4.84. The summed E-state index contributed by atoms with van der Waals surface area (Å²) in [5.41, 5.74) is 8.86. The highest BCUT2D eigenvalue weighted by Crippen LogP contribution is 2.30. The predicted octanol–water partition coefficient (Wildman–Crippen LogP) is 0.978. The molecule has 1 aliphatic carbocycles. The molecule has 0 aliphatic heterocycles. The minimum absolute atomic E-state index is 0.0329. The van der Waals surface area contributed by atoms with E-state index in [2.05, 4.69) is 17.0 Å². The van der Waals surface area contributed by atoms with Crippen LogP contribution in [0.5, 0.6) is 0 Å². The third-order valence-electron chi connectivity index (χ3n) is 3.92. The Bertz CT molecular complexity index is 542. The predicted molar refractivity (Wildman–Crippen MR) is 77.8 cm³/mol. The monoisotopic (exact) mass is 282 g/mol. The molecule has 0 radical (unpaired) electrons. The van der Waals surface area contributed by atoms with E-state index in [4.69, 9.17) is 5.73 Å². The van der Waals surface area contributed by atoms with E-state index in [0.29, 0.717) is 6.54 Å². The highest BCUT2D eigenvalue weighted by molar-refractivity contribution is 7.90. The summed E-state index contributed by atoms with van der Waals surface area (Å²) in [6, 6.07) is 8.45. The van der Waals surface area contributed by atoms with Gasteiger partial charge in [0.25, 0.3) is 0 Å². The Hall–Kier alpha value is -0.910. The molecule has 0 heterocycles. The summed E-state index contributed by atoms with van der Waals surface area (Å²) < 4.78 is 22.5. The van der Waals surface area contributed by atoms with E-state index in [1.54, 1.807) is 0 Å². The normalized spacial score (nSPS) is 23.4. The highest BCUT2D eigenvalue weighted by atomic mass is 32.2. The quantitative estimate of drug-likeness (QED) is 0.894. The number of benzene rings is 1. The Balaban J connectivity index is 2.07. The van der Waals surface area contributed by atoms with Crippen molar-refractivity contribution in [1.82, 2.24) is 4.90 Å². The van der Waals surface area contributed by atoms with Crippen LogP contribution in [0.15, 0.2) is 24.3 Å². The average molecular weight is 282 g/mol. The first-order chi connectivity index (χ1) is 8.88. The number of rotatable bonds is 4. The lowest BCUT2D eigenvalue weighted by molar-refractivity contribution is 0.201. The molecular formula is C14H22N2O2S. The van der Waals surface area contributed by atoms with Crippen LogP contribution in [-0.2, 0) is 16.3 Å². The van der Waals surface area contributed by atoms with Crippen LogP contribution in [0, 0.1) is 0 Å². The zero-order chi connectivity index (χ0) is 14.0. The van der Waals surface area contributed by atoms with Crippen LogP contribution in [0.1, 0.15) is 23.6 Å². The molecule has 0 amide bonds. The molecule has 0 spiro atoms. The van der Waals surface area contributed by atoms with Crippen molar-refractivity contribution >= 4 is 9.84 Å². The first-order valence-corrected chi connectivity index (χ1v) is 8.66. The van der Waals surface area contributed by atoms with Crippen LogP contribution in [0.2, 0.25) is 0 Å². The van der Waals surface area contributed by atoms with Crippen LogP contribution in [-0.4, -0.2) is 45.0 Å². The summed E-state index contributed by atoms with van der Waals surface area (Å²) >= 11 is 0. The molecule has 1 aromatic carbocycles. The van der Waals surface area contributed by atoms with Gasteiger partial charge in [0, 0.05) is 24.9 Å². The van der Waals surface area contributed by atoms with Crippen LogP contribution >= 0.6 is 0 Å². The highest BCUT2D eigenvalue weighted by Gasteiger charge is 2.29. The summed E-state index contributed by atoms with van der Waals surface area (Å²) in [4.78, 5) is 2.08. The van der Waals surface area contributed by atoms with Gasteiger partial charge in [0.1, 0.15) is 9.84 Å². The number of nitrogens with two attached hydrogens (primary N) is 1. The SMILES string of the molecule is CN(CCS(C)(=O)=O)C1CCc2ccccc2C1N. The van der Waals surface area contributed by atoms with Gasteiger partial charge in [0.15, 0.2) is 0 Å². The van der Waals surface area contributed by atoms with E-state index in [0.717, 1.165) is 12.8 Å². The van der Waals surface area contributed by atoms with Crippen LogP contribution < -0.4 is 5.73 Å². The van der Waals surface area contributed by atoms with E-state index in [1.165, 1.54) is 17.4 Å². The third kappa shape index (κ3) is 3.55. The van der Waals surface area contributed by atoms with Crippen LogP contribution in [0.25, 0.3) is 0 Å². The number of aryl methyl sites for hydroxylation is 1. The van der Waals surface area contributed by atoms with Gasteiger partial charge in [0.05, 0.1) is 5.75 Å². The van der Waals surface area contributed by atoms with E-state index >= 15 is 0 Å². The number of hydrogen-bond donors (Lipinski definition) is 1. The van der Waals surface area contributed by atoms with Crippen LogP contribution in [0.3, 0.4) is 0 Å². The summed E-state index contributed by atoms with van der Waals surface area (Å²) in [6.45, 7) is 0.541. The Kier molecular flexibility index (Phi) is 4.28. The zero-order valence-corrected chi connectivity index (χ0v) is 12.4. The smallest absolute Gasteiger partial charge is 0.148 e. The van der Waals surface area contributed by atoms with E-state index in [9.17, 15) is 8.42 Å². The molecule has 2 unspecified atom stereocenters. The van der Waals surface area contributed by atoms with Crippen molar-refractivity contribution in [3.05, 3.63) is 35.4 Å². The Morgan fingerprint density at radius 1 is 1.37 bits per heavy atom. The number of hydrogen-bond acceptors (Lipinski definition) is 4. The largest absolute Gasteiger partial charge is 0.323 e. The topological polar surface area (TPSA) is 63.4 Å². The minimum Gasteiger partial charge on any atom is -0.323 e. The zero-order valence-electron chi connectivity index (χ0n) is 11.5. The van der Waals surface area contributed by atoms with Crippen molar-refractivity contribution in [2.45, 2.75) is 24.9 Å². The molecule has 0 bridgehead atoms. The van der Waals surface area contributed by atoms with Crippen molar-refractivity contribution in [3.63, 3.8) is 0 Å². The van der Waals surface area contributed by atoms with Crippen LogP contribution in [0.4, 0.5) is 0 Å². The lowest BCUT2D eigenvalue weighted by atomic mass is 9.84. The molecule has 0 saturated carbocycles. The number of sulfone groups is 1. The van der Waals surface area contributed by atoms with E-state index < -0.39 is 9.84 Å². The fourth-order valence-electron chi connectivity index (χ4n) is 2.75. The van der Waals surface area contributed by atoms with Crippen molar-refractivity contribution in [2.24, 2.45) is 5.73 Å². The fourth-order valence-corrected chi connectivity index (χ4v) is 3.37. The van der Waals surface area contributed by atoms with Gasteiger partial charge >= 0.3 is 0 Å². The second-order valence-electron chi connectivity index (χ2n) is 5.44. The molecule has 0 aromatic heterocycles. The summed E-state index contributed by atoms with van der Waals surface area (Å²) in [5, 5.41) is 0. The molecular weight excluding hydrogens is 260 g/mol. The molecule has 0 fully saturated rings. The first kappa shape index (κ1) is 14.5. The maximum Gasteiger partial charge on any atom is 0.148 e. The van der Waals surface area contributed by atoms with Gasteiger partial charge in [-0.2, -0.15) is 0 Å². The maximum absolute atomic E-state index is 11.2. The Morgan fingerprint density at radius 2 is 2.05 bits per heavy atom. The summed E-state index contributed by atoms with van der Waals surface area (Å²) in [6.07, 6.45) is 3.27. The lowest BCUT2D eigenvalue weighted by Crippen LogP contribution is -2.45. The summed E-state index contributed by atoms with van der Waals surface area (Å²) in [5.74, 6) is 0.189. The first-order valence-electron chi connectivity index (χ1n) is 6.60. The molecule has 2 N–H and O–H groups in total. The minimum atomic E-state index is -2.92. The van der Waals surface area contributed by atoms with Crippen molar-refractivity contribution in [1.29, 1.82) is 0 Å². The number of nitrogens with zero attached hydrogens (tertiary/aromatic N) is 1. The molecule has 2 rings (SSSR count). The van der Waals surface area contributed by atoms with Gasteiger partial charge in [-0.05, 0) is 31.0 Å². The molecule has 106 valence electrons. The van der Waals surface area contributed by atoms with Gasteiger partial charge in [0.2, 0.25) is 0 Å². The van der Waals surface area contributed by atoms with Gasteiger partial charge in [-0.3, -0.25) is 0 Å². The molecule has 2 atom stereocenters. The van der Waals surface area contributed by atoms with Crippen molar-refractivity contribution < 1.29 is 8.42 Å². The molecule has 1 aromatic rings. The van der Waals surface area contributed by atoms with Gasteiger partial charge < -0.3 is 10.6 Å². The standard InChI is InChI=1S/C14H22N2O2S/c1-16(9-10-19(2,17)18)13-8-7-11-5-3-4-6-12(11)14(13)15/h3-6,13-14H,7-10,15H2,1-2H3. The maximum atomic E-state index is 11.2. The average Bonchev–Trinajstić information content (AvgIpc) is 2.36. The van der Waals surface area contributed by atoms with Crippen molar-refractivity contribution in [2.75, 3.05) is 25.6 Å². The van der Waals surface area contributed by atoms with Gasteiger partial charge in [-0.1, -0.05) is 24.3 Å². The second kappa shape index (κ2) is 5.61. The molecule has 1 aliphatic rings. The Labute approximate surface area is 115 Å². The summed E-state index contributed by atoms with van der Waals surface area (Å²) in [7, 11) is -0.956.